The molecule has 3 saturated carbocycles. The van der Waals surface area contributed by atoms with Gasteiger partial charge in [-0.25, -0.2) is 0 Å². The number of aliphatic hydroxyl groups is 1. The minimum absolute atomic E-state index is 0.0584. The summed E-state index contributed by atoms with van der Waals surface area (Å²) in [6.07, 6.45) is 13.5. The van der Waals surface area contributed by atoms with E-state index in [-0.39, 0.29) is 28.6 Å². The Morgan fingerprint density at radius 3 is 2.64 bits per heavy atom. The molecule has 3 unspecified atom stereocenters. The van der Waals surface area contributed by atoms with Crippen LogP contribution in [0, 0.1) is 52.3 Å². The number of hydrogen-bond donors (Lipinski definition) is 1. The summed E-state index contributed by atoms with van der Waals surface area (Å²) in [5.74, 6) is 3.15. The zero-order valence-electron chi connectivity index (χ0n) is 21.5. The monoisotopic (exact) mass is 458 g/mol. The number of Topliss-reactive ketones (excluding diaryl/α,β-unsaturated/α-hetero) is 1. The van der Waals surface area contributed by atoms with Gasteiger partial charge in [0.1, 0.15) is 5.78 Å². The first-order valence-corrected chi connectivity index (χ1v) is 13.6. The Kier molecular flexibility index (Phi) is 7.16. The molecule has 0 saturated heterocycles. The van der Waals surface area contributed by atoms with Crippen molar-refractivity contribution in [1.82, 2.24) is 0 Å². The molecular weight excluding hydrogens is 412 g/mol. The molecule has 0 heterocycles. The Bertz CT molecular complexity index is 774. The zero-order valence-corrected chi connectivity index (χ0v) is 21.5. The molecule has 4 aliphatic rings. The maximum Gasteiger partial charge on any atom is 0.305 e. The van der Waals surface area contributed by atoms with Crippen LogP contribution in [0.4, 0.5) is 0 Å². The summed E-state index contributed by atoms with van der Waals surface area (Å²) in [5, 5.41) is 10.7. The number of carbonyl (C=O) groups is 2. The molecule has 4 heteroatoms. The standard InChI is InChI=1S/C29H46O4/c1-6-21-27(32)26-20(23-10-8-7-9-19(30)17-29(21,23)4)15-16-28(3)22(12-13-24(26)28)18(2)11-14-25(31)33-5/h7,9,18-24,26,30H,6,8,10-17H2,1-5H3/t18-,19-,20?,21+,22-,23+,24?,26?,28-,29+/m1/s1. The van der Waals surface area contributed by atoms with Gasteiger partial charge in [0, 0.05) is 18.3 Å². The molecule has 4 rings (SSSR count). The molecule has 4 nitrogen and oxygen atoms in total. The fourth-order valence-corrected chi connectivity index (χ4v) is 9.51. The number of carbonyl (C=O) groups excluding carboxylic acids is 2. The van der Waals surface area contributed by atoms with Crippen LogP contribution < -0.4 is 0 Å². The number of rotatable bonds is 5. The predicted molar refractivity (Wildman–Crippen MR) is 130 cm³/mol. The van der Waals surface area contributed by atoms with Gasteiger partial charge in [-0.2, -0.15) is 0 Å². The predicted octanol–water partition coefficient (Wildman–Crippen LogP) is 5.97. The van der Waals surface area contributed by atoms with Gasteiger partial charge in [0.05, 0.1) is 13.2 Å². The third-order valence-electron chi connectivity index (χ3n) is 11.0. The lowest BCUT2D eigenvalue weighted by molar-refractivity contribution is -0.165. The first-order chi connectivity index (χ1) is 15.7. The highest BCUT2D eigenvalue weighted by molar-refractivity contribution is 5.86. The third-order valence-corrected chi connectivity index (χ3v) is 11.0. The summed E-state index contributed by atoms with van der Waals surface area (Å²) in [4.78, 5) is 26.0. The summed E-state index contributed by atoms with van der Waals surface area (Å²) in [7, 11) is 1.47. The second kappa shape index (κ2) is 9.47. The van der Waals surface area contributed by atoms with Crippen molar-refractivity contribution in [3.05, 3.63) is 12.2 Å². The Morgan fingerprint density at radius 1 is 1.18 bits per heavy atom. The number of methoxy groups -OCH3 is 1. The van der Waals surface area contributed by atoms with Crippen LogP contribution >= 0.6 is 0 Å². The van der Waals surface area contributed by atoms with Crippen LogP contribution in [0.2, 0.25) is 0 Å². The van der Waals surface area contributed by atoms with Crippen LogP contribution in [-0.4, -0.2) is 30.1 Å². The van der Waals surface area contributed by atoms with Crippen molar-refractivity contribution in [3.8, 4) is 0 Å². The summed E-state index contributed by atoms with van der Waals surface area (Å²) in [6.45, 7) is 9.28. The molecule has 0 bridgehead atoms. The number of ether oxygens (including phenoxy) is 1. The van der Waals surface area contributed by atoms with E-state index < -0.39 is 6.10 Å². The maximum absolute atomic E-state index is 14.2. The molecule has 4 aliphatic carbocycles. The second-order valence-corrected chi connectivity index (χ2v) is 12.4. The topological polar surface area (TPSA) is 63.6 Å². The van der Waals surface area contributed by atoms with Crippen molar-refractivity contribution in [1.29, 1.82) is 0 Å². The number of hydrogen-bond acceptors (Lipinski definition) is 4. The van der Waals surface area contributed by atoms with Crippen molar-refractivity contribution < 1.29 is 19.4 Å². The molecule has 0 radical (unpaired) electrons. The van der Waals surface area contributed by atoms with Crippen molar-refractivity contribution in [2.45, 2.75) is 98.0 Å². The van der Waals surface area contributed by atoms with E-state index in [9.17, 15) is 14.7 Å². The number of ketones is 1. The fraction of sp³-hybridized carbons (Fsp3) is 0.862. The Balaban J connectivity index is 1.61. The van der Waals surface area contributed by atoms with Crippen LogP contribution in [0.15, 0.2) is 12.2 Å². The van der Waals surface area contributed by atoms with Gasteiger partial charge in [-0.05, 0) is 98.2 Å². The number of allylic oxidation sites excluding steroid dienone is 1. The SMILES string of the molecule is CC[C@H]1C(=O)C2C(CC[C@@]3(C)C2CC[C@@H]3[C@H](C)CCC(=O)OC)[C@@H]2CCC=C[C@@H](O)C[C@@]12C. The molecule has 186 valence electrons. The van der Waals surface area contributed by atoms with E-state index >= 15 is 0 Å². The lowest BCUT2D eigenvalue weighted by Gasteiger charge is -2.60. The normalized spacial score (nSPS) is 45.9. The van der Waals surface area contributed by atoms with Crippen molar-refractivity contribution in [2.24, 2.45) is 52.3 Å². The summed E-state index contributed by atoms with van der Waals surface area (Å²) in [5.41, 5.74) is 0.0934. The van der Waals surface area contributed by atoms with Crippen molar-refractivity contribution in [3.63, 3.8) is 0 Å². The molecule has 3 fully saturated rings. The summed E-state index contributed by atoms with van der Waals surface area (Å²) < 4.78 is 4.88. The highest BCUT2D eigenvalue weighted by Gasteiger charge is 2.63. The average Bonchev–Trinajstić information content (AvgIpc) is 3.12. The van der Waals surface area contributed by atoms with Gasteiger partial charge in [0.2, 0.25) is 0 Å². The second-order valence-electron chi connectivity index (χ2n) is 12.4. The lowest BCUT2D eigenvalue weighted by atomic mass is 9.43. The smallest absolute Gasteiger partial charge is 0.305 e. The van der Waals surface area contributed by atoms with Crippen LogP contribution in [0.3, 0.4) is 0 Å². The maximum atomic E-state index is 14.2. The van der Waals surface area contributed by atoms with E-state index in [1.165, 1.54) is 20.0 Å². The summed E-state index contributed by atoms with van der Waals surface area (Å²) >= 11 is 0. The fourth-order valence-electron chi connectivity index (χ4n) is 9.51. The highest BCUT2D eigenvalue weighted by atomic mass is 16.5. The van der Waals surface area contributed by atoms with E-state index in [1.54, 1.807) is 0 Å². The van der Waals surface area contributed by atoms with Crippen molar-refractivity contribution >= 4 is 11.8 Å². The van der Waals surface area contributed by atoms with E-state index in [2.05, 4.69) is 33.8 Å². The van der Waals surface area contributed by atoms with Crippen molar-refractivity contribution in [2.75, 3.05) is 7.11 Å². The lowest BCUT2D eigenvalue weighted by Crippen LogP contribution is -2.59. The van der Waals surface area contributed by atoms with Gasteiger partial charge in [-0.1, -0.05) is 39.8 Å². The average molecular weight is 459 g/mol. The Morgan fingerprint density at radius 2 is 1.94 bits per heavy atom. The van der Waals surface area contributed by atoms with Gasteiger partial charge in [0.25, 0.3) is 0 Å². The number of esters is 1. The van der Waals surface area contributed by atoms with Gasteiger partial charge in [-0.15, -0.1) is 0 Å². The minimum Gasteiger partial charge on any atom is -0.469 e. The van der Waals surface area contributed by atoms with E-state index in [1.807, 2.05) is 6.08 Å². The van der Waals surface area contributed by atoms with E-state index in [0.717, 1.165) is 44.9 Å². The first-order valence-electron chi connectivity index (χ1n) is 13.6. The van der Waals surface area contributed by atoms with Gasteiger partial charge < -0.3 is 9.84 Å². The molecule has 0 aromatic rings. The van der Waals surface area contributed by atoms with E-state index in [0.29, 0.717) is 41.8 Å². The molecule has 0 spiro atoms. The molecule has 0 aromatic heterocycles. The molecule has 0 aliphatic heterocycles. The molecule has 10 atom stereocenters. The Hall–Kier alpha value is -1.16. The number of aliphatic hydroxyl groups excluding tert-OH is 1. The first kappa shape index (κ1) is 24.9. The van der Waals surface area contributed by atoms with Crippen LogP contribution in [0.5, 0.6) is 0 Å². The molecule has 33 heavy (non-hydrogen) atoms. The molecule has 0 aromatic carbocycles. The largest absolute Gasteiger partial charge is 0.469 e. The van der Waals surface area contributed by atoms with Gasteiger partial charge >= 0.3 is 5.97 Å². The van der Waals surface area contributed by atoms with Gasteiger partial charge in [-0.3, -0.25) is 9.59 Å². The third kappa shape index (κ3) is 4.13. The van der Waals surface area contributed by atoms with E-state index in [4.69, 9.17) is 4.74 Å². The van der Waals surface area contributed by atoms with Crippen LogP contribution in [-0.2, 0) is 14.3 Å². The highest BCUT2D eigenvalue weighted by Crippen LogP contribution is 2.67. The molecule has 0 amide bonds. The minimum atomic E-state index is -0.434. The zero-order chi connectivity index (χ0) is 24.0. The van der Waals surface area contributed by atoms with Crippen LogP contribution in [0.1, 0.15) is 91.9 Å². The van der Waals surface area contributed by atoms with Gasteiger partial charge in [0.15, 0.2) is 0 Å². The Labute approximate surface area is 200 Å². The number of fused-ring (bicyclic) bond motifs is 5. The summed E-state index contributed by atoms with van der Waals surface area (Å²) in [6, 6.07) is 0. The molecular formula is C29H46O4. The molecule has 1 N–H and O–H groups in total. The van der Waals surface area contributed by atoms with Crippen LogP contribution in [0.25, 0.3) is 0 Å². The quantitative estimate of drug-likeness (QED) is 0.407.